The maximum absolute atomic E-state index is 12.8. The summed E-state index contributed by atoms with van der Waals surface area (Å²) in [5.74, 6) is 0.519. The van der Waals surface area contributed by atoms with E-state index in [0.717, 1.165) is 11.1 Å². The number of nitrogens with one attached hydrogen (secondary N) is 1. The minimum absolute atomic E-state index is 0.125. The minimum atomic E-state index is -2.13. The van der Waals surface area contributed by atoms with Crippen LogP contribution in [0.1, 0.15) is 13.9 Å². The zero-order valence-corrected chi connectivity index (χ0v) is 18.4. The van der Waals surface area contributed by atoms with Crippen LogP contribution in [-0.4, -0.2) is 79.9 Å². The zero-order chi connectivity index (χ0) is 24.0. The van der Waals surface area contributed by atoms with Crippen molar-refractivity contribution >= 4 is 11.6 Å². The number of aryl methyl sites for hydroxylation is 2. The first kappa shape index (κ1) is 20.3. The van der Waals surface area contributed by atoms with Gasteiger partial charge in [0.05, 0.1) is 16.3 Å². The van der Waals surface area contributed by atoms with E-state index in [0.29, 0.717) is 49.9 Å². The van der Waals surface area contributed by atoms with Gasteiger partial charge >= 0.3 is 0 Å². The highest BCUT2D eigenvalue weighted by Crippen LogP contribution is 2.25. The molecule has 31 heavy (non-hydrogen) atoms. The van der Waals surface area contributed by atoms with Gasteiger partial charge in [-0.2, -0.15) is 0 Å². The molecule has 3 rings (SSSR count). The summed E-state index contributed by atoms with van der Waals surface area (Å²) in [5, 5.41) is 13.2. The number of carbonyl (C=O) groups is 1. The van der Waals surface area contributed by atoms with E-state index in [4.69, 9.17) is 12.2 Å². The zero-order valence-electron chi connectivity index (χ0n) is 20.4. The minimum Gasteiger partial charge on any atom is -0.493 e. The molecule has 168 valence electrons. The second kappa shape index (κ2) is 11.1. The first-order valence-corrected chi connectivity index (χ1v) is 10.5. The SMILES string of the molecule is [2H]C([2H])(C(=O)Nc1c(C)cccc1C)N1CCN(CC(O)COc2ccccc2OC)CC1. The summed E-state index contributed by atoms with van der Waals surface area (Å²) in [7, 11) is 1.57. The Labute approximate surface area is 187 Å². The normalized spacial score (nSPS) is 17.4. The maximum Gasteiger partial charge on any atom is 0.238 e. The molecular formula is C24H33N3O4. The van der Waals surface area contributed by atoms with E-state index in [1.54, 1.807) is 24.1 Å². The number of para-hydroxylation sites is 3. The summed E-state index contributed by atoms with van der Waals surface area (Å²) in [6.45, 7) is 4.02. The van der Waals surface area contributed by atoms with E-state index in [1.165, 1.54) is 0 Å². The Hall–Kier alpha value is -2.61. The molecule has 1 heterocycles. The van der Waals surface area contributed by atoms with E-state index in [1.807, 2.05) is 49.1 Å². The molecule has 1 unspecified atom stereocenters. The highest BCUT2D eigenvalue weighted by atomic mass is 16.5. The molecule has 0 radical (unpaired) electrons. The number of anilines is 1. The first-order valence-electron chi connectivity index (χ1n) is 11.5. The molecule has 0 aromatic heterocycles. The van der Waals surface area contributed by atoms with Crippen molar-refractivity contribution in [1.82, 2.24) is 9.80 Å². The van der Waals surface area contributed by atoms with Crippen LogP contribution in [-0.2, 0) is 4.79 Å². The van der Waals surface area contributed by atoms with E-state index < -0.39 is 18.5 Å². The molecule has 1 saturated heterocycles. The number of piperazine rings is 1. The molecule has 0 bridgehead atoms. The van der Waals surface area contributed by atoms with Crippen LogP contribution in [0, 0.1) is 13.8 Å². The van der Waals surface area contributed by atoms with E-state index in [9.17, 15) is 9.90 Å². The van der Waals surface area contributed by atoms with Gasteiger partial charge in [0.15, 0.2) is 11.5 Å². The van der Waals surface area contributed by atoms with Gasteiger partial charge in [-0.05, 0) is 37.1 Å². The Morgan fingerprint density at radius 1 is 1.06 bits per heavy atom. The Morgan fingerprint density at radius 2 is 1.68 bits per heavy atom. The van der Waals surface area contributed by atoms with Crippen molar-refractivity contribution in [2.24, 2.45) is 0 Å². The molecule has 1 aliphatic heterocycles. The highest BCUT2D eigenvalue weighted by Gasteiger charge is 2.21. The van der Waals surface area contributed by atoms with Gasteiger partial charge in [-0.1, -0.05) is 30.3 Å². The molecule has 0 saturated carbocycles. The van der Waals surface area contributed by atoms with Crippen molar-refractivity contribution in [2.45, 2.75) is 20.0 Å². The average molecular weight is 430 g/mol. The predicted octanol–water partition coefficient (Wildman–Crippen LogP) is 2.31. The number of hydrogen-bond donors (Lipinski definition) is 2. The number of nitrogens with zero attached hydrogens (tertiary/aromatic N) is 2. The van der Waals surface area contributed by atoms with Crippen molar-refractivity contribution in [3.05, 3.63) is 53.6 Å². The van der Waals surface area contributed by atoms with Crippen molar-refractivity contribution < 1.29 is 22.1 Å². The highest BCUT2D eigenvalue weighted by molar-refractivity contribution is 5.93. The maximum atomic E-state index is 12.8. The molecule has 2 aromatic rings. The van der Waals surface area contributed by atoms with Crippen LogP contribution in [0.4, 0.5) is 5.69 Å². The van der Waals surface area contributed by atoms with Gasteiger partial charge in [0.1, 0.15) is 12.7 Å². The molecule has 1 fully saturated rings. The Morgan fingerprint density at radius 3 is 2.32 bits per heavy atom. The summed E-state index contributed by atoms with van der Waals surface area (Å²) >= 11 is 0. The van der Waals surface area contributed by atoms with Gasteiger partial charge in [-0.25, -0.2) is 0 Å². The lowest BCUT2D eigenvalue weighted by molar-refractivity contribution is -0.117. The van der Waals surface area contributed by atoms with Crippen LogP contribution in [0.25, 0.3) is 0 Å². The van der Waals surface area contributed by atoms with Crippen LogP contribution in [0.3, 0.4) is 0 Å². The lowest BCUT2D eigenvalue weighted by Crippen LogP contribution is -2.50. The van der Waals surface area contributed by atoms with Crippen molar-refractivity contribution in [1.29, 1.82) is 0 Å². The van der Waals surface area contributed by atoms with Crippen molar-refractivity contribution in [3.63, 3.8) is 0 Å². The number of aliphatic hydroxyl groups excluding tert-OH is 1. The van der Waals surface area contributed by atoms with Crippen LogP contribution >= 0.6 is 0 Å². The number of ether oxygens (including phenoxy) is 2. The van der Waals surface area contributed by atoms with Gasteiger partial charge in [0, 0.05) is 38.4 Å². The summed E-state index contributed by atoms with van der Waals surface area (Å²) in [6.07, 6.45) is -0.703. The second-order valence-electron chi connectivity index (χ2n) is 7.74. The third-order valence-corrected chi connectivity index (χ3v) is 5.32. The molecule has 2 N–H and O–H groups in total. The van der Waals surface area contributed by atoms with Crippen LogP contribution in [0.2, 0.25) is 0 Å². The standard InChI is InChI=1S/C24H33N3O4/c1-18-7-6-8-19(2)24(18)25-23(29)16-27-13-11-26(12-14-27)15-20(28)17-31-22-10-5-4-9-21(22)30-3/h4-10,20,28H,11-17H2,1-3H3,(H,25,29)/i16D2. The van der Waals surface area contributed by atoms with E-state index in [2.05, 4.69) is 5.32 Å². The lowest BCUT2D eigenvalue weighted by atomic mass is 10.1. The molecule has 1 amide bonds. The monoisotopic (exact) mass is 429 g/mol. The van der Waals surface area contributed by atoms with Crippen molar-refractivity contribution in [3.8, 4) is 11.5 Å². The Kier molecular flexibility index (Phi) is 7.29. The van der Waals surface area contributed by atoms with Crippen LogP contribution in [0.15, 0.2) is 42.5 Å². The Balaban J connectivity index is 1.48. The van der Waals surface area contributed by atoms with Gasteiger partial charge in [-0.15, -0.1) is 0 Å². The molecule has 0 spiro atoms. The predicted molar refractivity (Wildman–Crippen MR) is 122 cm³/mol. The molecule has 7 heteroatoms. The molecule has 1 atom stereocenters. The summed E-state index contributed by atoms with van der Waals surface area (Å²) in [5.41, 5.74) is 2.45. The number of methoxy groups -OCH3 is 1. The average Bonchev–Trinajstić information content (AvgIpc) is 2.80. The van der Waals surface area contributed by atoms with Gasteiger partial charge in [-0.3, -0.25) is 14.6 Å². The molecule has 7 nitrogen and oxygen atoms in total. The topological polar surface area (TPSA) is 74.3 Å². The number of hydrogen-bond acceptors (Lipinski definition) is 6. The molecule has 1 aliphatic rings. The van der Waals surface area contributed by atoms with E-state index >= 15 is 0 Å². The number of rotatable bonds is 9. The summed E-state index contributed by atoms with van der Waals surface area (Å²) in [6, 6.07) is 13.0. The fraction of sp³-hybridized carbons (Fsp3) is 0.458. The van der Waals surface area contributed by atoms with Gasteiger partial charge in [0.2, 0.25) is 5.91 Å². The lowest BCUT2D eigenvalue weighted by Gasteiger charge is -2.35. The van der Waals surface area contributed by atoms with Crippen LogP contribution < -0.4 is 14.8 Å². The smallest absolute Gasteiger partial charge is 0.238 e. The third kappa shape index (κ3) is 6.69. The largest absolute Gasteiger partial charge is 0.493 e. The van der Waals surface area contributed by atoms with Crippen molar-refractivity contribution in [2.75, 3.05) is 58.3 Å². The molecule has 2 aromatic carbocycles. The molecule has 0 aliphatic carbocycles. The van der Waals surface area contributed by atoms with Gasteiger partial charge in [0.25, 0.3) is 0 Å². The quantitative estimate of drug-likeness (QED) is 0.637. The number of benzene rings is 2. The Bertz CT molecular complexity index is 929. The first-order chi connectivity index (χ1) is 15.7. The van der Waals surface area contributed by atoms with E-state index in [-0.39, 0.29) is 6.61 Å². The molecular weight excluding hydrogens is 394 g/mol. The van der Waals surface area contributed by atoms with Crippen LogP contribution in [0.5, 0.6) is 11.5 Å². The number of β-amino-alcohol motifs (C(OH)–C–C–N with tert-alkyl or cyclic N) is 1. The number of carbonyl (C=O) groups excluding carboxylic acids is 1. The van der Waals surface area contributed by atoms with Gasteiger partial charge < -0.3 is 19.9 Å². The summed E-state index contributed by atoms with van der Waals surface area (Å²) < 4.78 is 27.7. The number of aliphatic hydroxyl groups is 1. The fourth-order valence-corrected chi connectivity index (χ4v) is 3.61. The third-order valence-electron chi connectivity index (χ3n) is 5.32. The summed E-state index contributed by atoms with van der Waals surface area (Å²) in [4.78, 5) is 16.4. The second-order valence-corrected chi connectivity index (χ2v) is 7.74. The number of amides is 1. The fourth-order valence-electron chi connectivity index (χ4n) is 3.61.